The highest BCUT2D eigenvalue weighted by Gasteiger charge is 2.20. The predicted octanol–water partition coefficient (Wildman–Crippen LogP) is 3.84. The van der Waals surface area contributed by atoms with E-state index in [9.17, 15) is 9.59 Å². The van der Waals surface area contributed by atoms with Crippen molar-refractivity contribution in [1.29, 1.82) is 0 Å². The number of H-pyrrole nitrogens is 1. The summed E-state index contributed by atoms with van der Waals surface area (Å²) >= 11 is 5.92. The summed E-state index contributed by atoms with van der Waals surface area (Å²) < 4.78 is 6.04. The van der Waals surface area contributed by atoms with E-state index in [0.717, 1.165) is 44.6 Å². The summed E-state index contributed by atoms with van der Waals surface area (Å²) in [6, 6.07) is 14.7. The largest absolute Gasteiger partial charge is 0.490 e. The lowest BCUT2D eigenvalue weighted by molar-refractivity contribution is 0.0936. The van der Waals surface area contributed by atoms with Crippen LogP contribution in [0.1, 0.15) is 29.6 Å². The lowest BCUT2D eigenvalue weighted by Gasteiger charge is -2.32. The van der Waals surface area contributed by atoms with Crippen LogP contribution in [-0.2, 0) is 0 Å². The standard InChI is InChI=1S/C24H26ClN3O3/c25-17-6-8-18(9-7-17)31-19-10-14-28(15-11-19)13-3-12-26-24(30)22-16-27-23(29)21-5-2-1-4-20(21)22/h1-2,4-9,16,19H,3,10-15H2,(H,26,30)(H,27,29). The normalized spacial score (nSPS) is 15.1. The number of benzene rings is 2. The number of aromatic amines is 1. The molecule has 1 amide bonds. The number of nitrogens with zero attached hydrogens (tertiary/aromatic N) is 1. The molecule has 2 heterocycles. The number of carbonyl (C=O) groups excluding carboxylic acids is 1. The molecule has 2 N–H and O–H groups in total. The van der Waals surface area contributed by atoms with E-state index in [1.165, 1.54) is 6.20 Å². The number of piperidine rings is 1. The monoisotopic (exact) mass is 439 g/mol. The highest BCUT2D eigenvalue weighted by atomic mass is 35.5. The minimum Gasteiger partial charge on any atom is -0.490 e. The van der Waals surface area contributed by atoms with Gasteiger partial charge < -0.3 is 19.9 Å². The summed E-state index contributed by atoms with van der Waals surface area (Å²) in [5, 5.41) is 4.88. The number of pyridine rings is 1. The van der Waals surface area contributed by atoms with Crippen molar-refractivity contribution in [2.24, 2.45) is 0 Å². The molecule has 0 spiro atoms. The van der Waals surface area contributed by atoms with Crippen molar-refractivity contribution in [3.63, 3.8) is 0 Å². The van der Waals surface area contributed by atoms with Gasteiger partial charge in [-0.3, -0.25) is 9.59 Å². The van der Waals surface area contributed by atoms with Gasteiger partial charge in [-0.2, -0.15) is 0 Å². The molecule has 0 saturated carbocycles. The maximum atomic E-state index is 12.6. The van der Waals surface area contributed by atoms with Gasteiger partial charge in [0.25, 0.3) is 11.5 Å². The number of rotatable bonds is 7. The first-order valence-corrected chi connectivity index (χ1v) is 11.0. The SMILES string of the molecule is O=C(NCCCN1CCC(Oc2ccc(Cl)cc2)CC1)c1c[nH]c(=O)c2ccccc12. The van der Waals surface area contributed by atoms with Crippen molar-refractivity contribution in [3.05, 3.63) is 75.7 Å². The maximum Gasteiger partial charge on any atom is 0.255 e. The lowest BCUT2D eigenvalue weighted by Crippen LogP contribution is -2.39. The van der Waals surface area contributed by atoms with E-state index in [0.29, 0.717) is 27.9 Å². The van der Waals surface area contributed by atoms with E-state index in [-0.39, 0.29) is 17.6 Å². The minimum absolute atomic E-state index is 0.164. The molecule has 0 atom stereocenters. The van der Waals surface area contributed by atoms with Crippen molar-refractivity contribution >= 4 is 28.3 Å². The lowest BCUT2D eigenvalue weighted by atomic mass is 10.1. The third-order valence-corrected chi connectivity index (χ3v) is 5.89. The summed E-state index contributed by atoms with van der Waals surface area (Å²) in [5.74, 6) is 0.697. The number of halogens is 1. The molecule has 6 nitrogen and oxygen atoms in total. The van der Waals surface area contributed by atoms with Crippen LogP contribution < -0.4 is 15.6 Å². The third kappa shape index (κ3) is 5.46. The summed E-state index contributed by atoms with van der Waals surface area (Å²) in [6.07, 6.45) is 4.56. The Kier molecular flexibility index (Phi) is 6.89. The third-order valence-electron chi connectivity index (χ3n) is 5.64. The number of aromatic nitrogens is 1. The van der Waals surface area contributed by atoms with E-state index < -0.39 is 0 Å². The molecule has 7 heteroatoms. The zero-order chi connectivity index (χ0) is 21.6. The van der Waals surface area contributed by atoms with Crippen LogP contribution in [0, 0.1) is 0 Å². The Balaban J connectivity index is 1.20. The average Bonchev–Trinajstić information content (AvgIpc) is 2.79. The van der Waals surface area contributed by atoms with Crippen LogP contribution in [0.15, 0.2) is 59.5 Å². The molecule has 0 unspecified atom stereocenters. The molecule has 0 aliphatic carbocycles. The number of amides is 1. The fourth-order valence-corrected chi connectivity index (χ4v) is 4.08. The molecule has 1 fully saturated rings. The first-order valence-electron chi connectivity index (χ1n) is 10.6. The predicted molar refractivity (Wildman–Crippen MR) is 123 cm³/mol. The molecule has 3 aromatic rings. The van der Waals surface area contributed by atoms with Crippen LogP contribution in [0.5, 0.6) is 5.75 Å². The number of hydrogen-bond acceptors (Lipinski definition) is 4. The molecule has 162 valence electrons. The topological polar surface area (TPSA) is 74.4 Å². The van der Waals surface area contributed by atoms with Gasteiger partial charge in [-0.15, -0.1) is 0 Å². The second-order valence-electron chi connectivity index (χ2n) is 7.80. The summed E-state index contributed by atoms with van der Waals surface area (Å²) in [6.45, 7) is 3.49. The molecule has 0 bridgehead atoms. The fraction of sp³-hybridized carbons (Fsp3) is 0.333. The number of likely N-dealkylation sites (tertiary alicyclic amines) is 1. The van der Waals surface area contributed by atoms with Crippen molar-refractivity contribution < 1.29 is 9.53 Å². The number of fused-ring (bicyclic) bond motifs is 1. The minimum atomic E-state index is -0.185. The Hall–Kier alpha value is -2.83. The van der Waals surface area contributed by atoms with Gasteiger partial charge in [-0.1, -0.05) is 29.8 Å². The molecule has 1 aromatic heterocycles. The molecule has 4 rings (SSSR count). The average molecular weight is 440 g/mol. The Morgan fingerprint density at radius 1 is 1.10 bits per heavy atom. The van der Waals surface area contributed by atoms with Gasteiger partial charge in [0.15, 0.2) is 0 Å². The Morgan fingerprint density at radius 3 is 2.55 bits per heavy atom. The fourth-order valence-electron chi connectivity index (χ4n) is 3.95. The van der Waals surface area contributed by atoms with Crippen LogP contribution in [0.2, 0.25) is 5.02 Å². The summed E-state index contributed by atoms with van der Waals surface area (Å²) in [4.78, 5) is 29.6. The molecule has 1 aliphatic heterocycles. The van der Waals surface area contributed by atoms with Gasteiger partial charge in [0.1, 0.15) is 11.9 Å². The van der Waals surface area contributed by atoms with Crippen LogP contribution >= 0.6 is 11.6 Å². The number of carbonyl (C=O) groups is 1. The van der Waals surface area contributed by atoms with E-state index in [2.05, 4.69) is 15.2 Å². The van der Waals surface area contributed by atoms with Gasteiger partial charge in [0.05, 0.1) is 5.56 Å². The number of ether oxygens (including phenoxy) is 1. The van der Waals surface area contributed by atoms with E-state index in [1.807, 2.05) is 30.3 Å². The maximum absolute atomic E-state index is 12.6. The summed E-state index contributed by atoms with van der Waals surface area (Å²) in [7, 11) is 0. The molecule has 1 saturated heterocycles. The number of nitrogens with one attached hydrogen (secondary N) is 2. The Bertz CT molecular complexity index is 1090. The molecule has 0 radical (unpaired) electrons. The van der Waals surface area contributed by atoms with Gasteiger partial charge >= 0.3 is 0 Å². The van der Waals surface area contributed by atoms with Crippen LogP contribution in [0.4, 0.5) is 0 Å². The van der Waals surface area contributed by atoms with E-state index in [4.69, 9.17) is 16.3 Å². The summed E-state index contributed by atoms with van der Waals surface area (Å²) in [5.41, 5.74) is 0.311. The van der Waals surface area contributed by atoms with Gasteiger partial charge in [0.2, 0.25) is 0 Å². The molecule has 2 aromatic carbocycles. The van der Waals surface area contributed by atoms with Crippen LogP contribution in [0.3, 0.4) is 0 Å². The van der Waals surface area contributed by atoms with Gasteiger partial charge in [0, 0.05) is 41.6 Å². The quantitative estimate of drug-likeness (QED) is 0.548. The van der Waals surface area contributed by atoms with Gasteiger partial charge in [-0.05, 0) is 56.1 Å². The van der Waals surface area contributed by atoms with Crippen molar-refractivity contribution in [2.45, 2.75) is 25.4 Å². The number of hydrogen-bond donors (Lipinski definition) is 2. The van der Waals surface area contributed by atoms with E-state index >= 15 is 0 Å². The molecule has 31 heavy (non-hydrogen) atoms. The molecular weight excluding hydrogens is 414 g/mol. The first-order chi connectivity index (χ1) is 15.1. The second kappa shape index (κ2) is 9.98. The Morgan fingerprint density at radius 2 is 1.81 bits per heavy atom. The van der Waals surface area contributed by atoms with Crippen molar-refractivity contribution in [1.82, 2.24) is 15.2 Å². The molecular formula is C24H26ClN3O3. The van der Waals surface area contributed by atoms with E-state index in [1.54, 1.807) is 18.2 Å². The highest BCUT2D eigenvalue weighted by molar-refractivity contribution is 6.30. The van der Waals surface area contributed by atoms with Crippen LogP contribution in [0.25, 0.3) is 10.8 Å². The first kappa shape index (κ1) is 21.4. The van der Waals surface area contributed by atoms with Crippen LogP contribution in [-0.4, -0.2) is 48.1 Å². The molecule has 1 aliphatic rings. The van der Waals surface area contributed by atoms with Crippen molar-refractivity contribution in [3.8, 4) is 5.75 Å². The Labute approximate surface area is 186 Å². The highest BCUT2D eigenvalue weighted by Crippen LogP contribution is 2.21. The van der Waals surface area contributed by atoms with Gasteiger partial charge in [-0.25, -0.2) is 0 Å². The smallest absolute Gasteiger partial charge is 0.255 e. The zero-order valence-corrected chi connectivity index (χ0v) is 18.0. The van der Waals surface area contributed by atoms with Crippen molar-refractivity contribution in [2.75, 3.05) is 26.2 Å². The zero-order valence-electron chi connectivity index (χ0n) is 17.3. The second-order valence-corrected chi connectivity index (χ2v) is 8.24.